The fourth-order valence-corrected chi connectivity index (χ4v) is 1.80. The Morgan fingerprint density at radius 2 is 2.25 bits per heavy atom. The summed E-state index contributed by atoms with van der Waals surface area (Å²) in [5, 5.41) is 9.18. The first kappa shape index (κ1) is 11.4. The number of aliphatic carboxylic acids is 1. The monoisotopic (exact) mass is 242 g/mol. The van der Waals surface area contributed by atoms with Crippen LogP contribution in [0.3, 0.4) is 0 Å². The molecule has 5 heteroatoms. The fourth-order valence-electron chi connectivity index (χ4n) is 1.58. The van der Waals surface area contributed by atoms with Gasteiger partial charge in [-0.25, -0.2) is 0 Å². The van der Waals surface area contributed by atoms with Crippen molar-refractivity contribution in [1.29, 1.82) is 0 Å². The van der Waals surface area contributed by atoms with Gasteiger partial charge in [0.2, 0.25) is 0 Å². The molecular weight excluding hydrogens is 232 g/mol. The van der Waals surface area contributed by atoms with E-state index < -0.39 is 18.4 Å². The number of benzene rings is 1. The van der Waals surface area contributed by atoms with Gasteiger partial charge in [0.1, 0.15) is 0 Å². The van der Waals surface area contributed by atoms with Crippen LogP contribution in [0.4, 0.5) is 0 Å². The van der Waals surface area contributed by atoms with Crippen LogP contribution in [0.1, 0.15) is 18.3 Å². The predicted molar refractivity (Wildman–Crippen MR) is 57.3 cm³/mol. The Bertz CT molecular complexity index is 393. The Labute approximate surface area is 97.7 Å². The van der Waals surface area contributed by atoms with E-state index in [1.807, 2.05) is 12.1 Å². The maximum absolute atomic E-state index is 10.5. The Morgan fingerprint density at radius 3 is 2.94 bits per heavy atom. The van der Waals surface area contributed by atoms with Crippen LogP contribution in [0.2, 0.25) is 5.02 Å². The van der Waals surface area contributed by atoms with Crippen molar-refractivity contribution in [1.82, 2.24) is 0 Å². The van der Waals surface area contributed by atoms with E-state index in [-0.39, 0.29) is 13.0 Å². The molecule has 0 amide bonds. The van der Waals surface area contributed by atoms with E-state index in [4.69, 9.17) is 26.2 Å². The average Bonchev–Trinajstić information content (AvgIpc) is 2.66. The van der Waals surface area contributed by atoms with Crippen LogP contribution >= 0.6 is 11.6 Å². The van der Waals surface area contributed by atoms with Crippen LogP contribution in [-0.4, -0.2) is 23.8 Å². The van der Waals surface area contributed by atoms with Gasteiger partial charge in [-0.3, -0.25) is 4.79 Å². The largest absolute Gasteiger partial charge is 0.481 e. The second-order valence-electron chi connectivity index (χ2n) is 3.54. The van der Waals surface area contributed by atoms with Crippen molar-refractivity contribution >= 4 is 17.6 Å². The van der Waals surface area contributed by atoms with E-state index >= 15 is 0 Å². The van der Waals surface area contributed by atoms with Crippen LogP contribution in [0.15, 0.2) is 24.3 Å². The molecule has 1 aromatic rings. The smallest absolute Gasteiger partial charge is 0.306 e. The summed E-state index contributed by atoms with van der Waals surface area (Å²) in [6, 6.07) is 7.19. The van der Waals surface area contributed by atoms with Gasteiger partial charge in [0.25, 0.3) is 0 Å². The summed E-state index contributed by atoms with van der Waals surface area (Å²) in [7, 11) is 0. The first-order valence-electron chi connectivity index (χ1n) is 4.90. The molecule has 0 bridgehead atoms. The molecule has 0 spiro atoms. The molecule has 1 N–H and O–H groups in total. The van der Waals surface area contributed by atoms with Crippen molar-refractivity contribution in [3.63, 3.8) is 0 Å². The SMILES string of the molecule is O=C(O)CC1COC(c2ccccc2Cl)O1. The molecule has 1 fully saturated rings. The normalized spacial score (nSPS) is 24.6. The average molecular weight is 243 g/mol. The number of ether oxygens (including phenoxy) is 2. The molecular formula is C11H11ClO4. The predicted octanol–water partition coefficient (Wildman–Crippen LogP) is 2.23. The second kappa shape index (κ2) is 4.82. The Morgan fingerprint density at radius 1 is 1.50 bits per heavy atom. The van der Waals surface area contributed by atoms with Crippen molar-refractivity contribution in [2.45, 2.75) is 18.8 Å². The van der Waals surface area contributed by atoms with Gasteiger partial charge in [0, 0.05) is 10.6 Å². The zero-order chi connectivity index (χ0) is 11.5. The summed E-state index contributed by atoms with van der Waals surface area (Å²) in [6.45, 7) is 0.280. The summed E-state index contributed by atoms with van der Waals surface area (Å²) in [4.78, 5) is 10.5. The minimum absolute atomic E-state index is 0.0546. The topological polar surface area (TPSA) is 55.8 Å². The maximum Gasteiger partial charge on any atom is 0.306 e. The van der Waals surface area contributed by atoms with Gasteiger partial charge in [-0.05, 0) is 6.07 Å². The van der Waals surface area contributed by atoms with Gasteiger partial charge in [-0.15, -0.1) is 0 Å². The number of rotatable bonds is 3. The molecule has 0 radical (unpaired) electrons. The Hall–Kier alpha value is -1.10. The molecule has 4 nitrogen and oxygen atoms in total. The maximum atomic E-state index is 10.5. The molecule has 1 saturated heterocycles. The molecule has 2 atom stereocenters. The van der Waals surface area contributed by atoms with Crippen LogP contribution in [0, 0.1) is 0 Å². The highest BCUT2D eigenvalue weighted by Crippen LogP contribution is 2.32. The highest BCUT2D eigenvalue weighted by atomic mass is 35.5. The molecule has 0 aromatic heterocycles. The fraction of sp³-hybridized carbons (Fsp3) is 0.364. The van der Waals surface area contributed by atoms with E-state index in [0.717, 1.165) is 5.56 Å². The second-order valence-corrected chi connectivity index (χ2v) is 3.95. The molecule has 2 rings (SSSR count). The van der Waals surface area contributed by atoms with Crippen LogP contribution in [0.25, 0.3) is 0 Å². The number of hydrogen-bond donors (Lipinski definition) is 1. The molecule has 16 heavy (non-hydrogen) atoms. The number of carboxylic acids is 1. The quantitative estimate of drug-likeness (QED) is 0.883. The lowest BCUT2D eigenvalue weighted by atomic mass is 10.2. The van der Waals surface area contributed by atoms with Gasteiger partial charge < -0.3 is 14.6 Å². The summed E-state index contributed by atoms with van der Waals surface area (Å²) in [5.74, 6) is -0.895. The minimum Gasteiger partial charge on any atom is -0.481 e. The standard InChI is InChI=1S/C11H11ClO4/c12-9-4-2-1-3-8(9)11-15-6-7(16-11)5-10(13)14/h1-4,7,11H,5-6H2,(H,13,14). The third-order valence-corrected chi connectivity index (χ3v) is 2.66. The van der Waals surface area contributed by atoms with Crippen LogP contribution in [0.5, 0.6) is 0 Å². The first-order chi connectivity index (χ1) is 7.66. The zero-order valence-corrected chi connectivity index (χ0v) is 9.18. The van der Waals surface area contributed by atoms with Crippen LogP contribution < -0.4 is 0 Å². The van der Waals surface area contributed by atoms with Crippen LogP contribution in [-0.2, 0) is 14.3 Å². The lowest BCUT2D eigenvalue weighted by Gasteiger charge is -2.11. The molecule has 2 unspecified atom stereocenters. The van der Waals surface area contributed by atoms with Crippen molar-refractivity contribution in [3.05, 3.63) is 34.9 Å². The van der Waals surface area contributed by atoms with Crippen molar-refractivity contribution in [3.8, 4) is 0 Å². The minimum atomic E-state index is -0.895. The third kappa shape index (κ3) is 2.52. The van der Waals surface area contributed by atoms with Gasteiger partial charge in [0.15, 0.2) is 6.29 Å². The van der Waals surface area contributed by atoms with E-state index in [0.29, 0.717) is 5.02 Å². The molecule has 0 saturated carbocycles. The van der Waals surface area contributed by atoms with E-state index in [9.17, 15) is 4.79 Å². The molecule has 1 heterocycles. The zero-order valence-electron chi connectivity index (χ0n) is 8.43. The van der Waals surface area contributed by atoms with Gasteiger partial charge >= 0.3 is 5.97 Å². The Balaban J connectivity index is 2.04. The third-order valence-electron chi connectivity index (χ3n) is 2.31. The summed E-state index contributed by atoms with van der Waals surface area (Å²) in [5.41, 5.74) is 0.733. The van der Waals surface area contributed by atoms with Gasteiger partial charge in [-0.1, -0.05) is 29.8 Å². The summed E-state index contributed by atoms with van der Waals surface area (Å²) in [6.07, 6.45) is -1.02. The lowest BCUT2D eigenvalue weighted by Crippen LogP contribution is -2.15. The Kier molecular flexibility index (Phi) is 3.43. The first-order valence-corrected chi connectivity index (χ1v) is 5.28. The number of carbonyl (C=O) groups is 1. The van der Waals surface area contributed by atoms with Gasteiger partial charge in [-0.2, -0.15) is 0 Å². The molecule has 1 aliphatic rings. The van der Waals surface area contributed by atoms with Crippen molar-refractivity contribution in [2.75, 3.05) is 6.61 Å². The van der Waals surface area contributed by atoms with E-state index in [1.165, 1.54) is 0 Å². The highest BCUT2D eigenvalue weighted by molar-refractivity contribution is 6.31. The highest BCUT2D eigenvalue weighted by Gasteiger charge is 2.29. The molecule has 1 aliphatic heterocycles. The molecule has 1 aromatic carbocycles. The number of carboxylic acid groups (broad SMARTS) is 1. The van der Waals surface area contributed by atoms with Gasteiger partial charge in [0.05, 0.1) is 19.1 Å². The number of hydrogen-bond acceptors (Lipinski definition) is 3. The molecule has 0 aliphatic carbocycles. The summed E-state index contributed by atoms with van der Waals surface area (Å²) >= 11 is 5.98. The van der Waals surface area contributed by atoms with E-state index in [1.54, 1.807) is 12.1 Å². The van der Waals surface area contributed by atoms with Crippen molar-refractivity contribution < 1.29 is 19.4 Å². The summed E-state index contributed by atoms with van der Waals surface area (Å²) < 4.78 is 10.8. The lowest BCUT2D eigenvalue weighted by molar-refractivity contribution is -0.140. The molecule has 86 valence electrons. The number of halogens is 1. The van der Waals surface area contributed by atoms with Crippen molar-refractivity contribution in [2.24, 2.45) is 0 Å². The van der Waals surface area contributed by atoms with E-state index in [2.05, 4.69) is 0 Å².